The van der Waals surface area contributed by atoms with Gasteiger partial charge in [-0.05, 0) is 18.9 Å². The smallest absolute Gasteiger partial charge is 0.235 e. The topological polar surface area (TPSA) is 57.1 Å². The Kier molecular flexibility index (Phi) is 2.49. The second kappa shape index (κ2) is 4.03. The molecule has 0 saturated heterocycles. The van der Waals surface area contributed by atoms with Gasteiger partial charge in [0, 0.05) is 11.6 Å². The molecule has 1 aromatic carbocycles. The van der Waals surface area contributed by atoms with Crippen LogP contribution in [0.3, 0.4) is 0 Å². The van der Waals surface area contributed by atoms with Crippen LogP contribution < -0.4 is 14.2 Å². The molecule has 1 aliphatic carbocycles. The van der Waals surface area contributed by atoms with E-state index in [1.165, 1.54) is 0 Å². The van der Waals surface area contributed by atoms with E-state index in [0.717, 1.165) is 18.4 Å². The third-order valence-corrected chi connectivity index (χ3v) is 3.34. The Hall–Kier alpha value is -2.00. The Morgan fingerprint density at radius 3 is 2.78 bits per heavy atom. The minimum Gasteiger partial charge on any atom is -0.497 e. The zero-order valence-corrected chi connectivity index (χ0v) is 10.1. The fourth-order valence-corrected chi connectivity index (χ4v) is 2.24. The molecule has 5 nitrogen and oxygen atoms in total. The fraction of sp³-hybridized carbons (Fsp3) is 0.462. The van der Waals surface area contributed by atoms with Gasteiger partial charge in [0.05, 0.1) is 7.11 Å². The largest absolute Gasteiger partial charge is 0.497 e. The van der Waals surface area contributed by atoms with Crippen LogP contribution in [-0.4, -0.2) is 26.4 Å². The molecule has 1 saturated carbocycles. The highest BCUT2D eigenvalue weighted by atomic mass is 16.6. The number of nitrogens with zero attached hydrogens (tertiary/aromatic N) is 1. The molecule has 0 amide bonds. The molecule has 0 aromatic heterocycles. The lowest BCUT2D eigenvalue weighted by molar-refractivity contribution is 0.168. The van der Waals surface area contributed by atoms with Gasteiger partial charge in [-0.15, -0.1) is 0 Å². The summed E-state index contributed by atoms with van der Waals surface area (Å²) in [5, 5.41) is 0. The predicted octanol–water partition coefficient (Wildman–Crippen LogP) is 1.79. The van der Waals surface area contributed by atoms with Gasteiger partial charge in [-0.3, -0.25) is 0 Å². The third-order valence-electron chi connectivity index (χ3n) is 3.34. The van der Waals surface area contributed by atoms with Gasteiger partial charge in [0.15, 0.2) is 11.5 Å². The first-order valence-electron chi connectivity index (χ1n) is 5.86. The highest BCUT2D eigenvalue weighted by molar-refractivity contribution is 5.58. The van der Waals surface area contributed by atoms with E-state index in [4.69, 9.17) is 14.2 Å². The van der Waals surface area contributed by atoms with E-state index >= 15 is 0 Å². The zero-order chi connectivity index (χ0) is 12.6. The average molecular weight is 247 g/mol. The molecule has 1 heterocycles. The maximum Gasteiger partial charge on any atom is 0.235 e. The van der Waals surface area contributed by atoms with E-state index in [2.05, 4.69) is 4.99 Å². The molecule has 1 aliphatic heterocycles. The summed E-state index contributed by atoms with van der Waals surface area (Å²) in [6.07, 6.45) is 3.30. The Labute approximate surface area is 104 Å². The number of isocyanates is 1. The summed E-state index contributed by atoms with van der Waals surface area (Å²) in [5.41, 5.74) is 0.376. The van der Waals surface area contributed by atoms with Crippen molar-refractivity contribution >= 4 is 6.08 Å². The van der Waals surface area contributed by atoms with Crippen LogP contribution in [0.1, 0.15) is 18.4 Å². The molecule has 3 rings (SSSR count). The van der Waals surface area contributed by atoms with Crippen LogP contribution in [-0.2, 0) is 10.3 Å². The molecule has 18 heavy (non-hydrogen) atoms. The molecule has 0 bridgehead atoms. The van der Waals surface area contributed by atoms with Gasteiger partial charge < -0.3 is 14.2 Å². The van der Waals surface area contributed by atoms with E-state index in [9.17, 15) is 4.79 Å². The minimum absolute atomic E-state index is 0.485. The van der Waals surface area contributed by atoms with Crippen LogP contribution in [0.15, 0.2) is 17.1 Å². The summed E-state index contributed by atoms with van der Waals surface area (Å²) >= 11 is 0. The van der Waals surface area contributed by atoms with Crippen molar-refractivity contribution < 1.29 is 19.0 Å². The first kappa shape index (κ1) is 11.1. The summed E-state index contributed by atoms with van der Waals surface area (Å²) < 4.78 is 16.5. The number of methoxy groups -OCH3 is 1. The molecule has 0 unspecified atom stereocenters. The first-order chi connectivity index (χ1) is 8.79. The standard InChI is InChI=1S/C13H13NO4/c1-16-9-6-10(13(2-3-13)14-8-15)12-11(7-9)17-4-5-18-12/h6-7H,2-5H2,1H3. The molecule has 0 atom stereocenters. The van der Waals surface area contributed by atoms with Gasteiger partial charge in [-0.1, -0.05) is 0 Å². The molecule has 94 valence electrons. The van der Waals surface area contributed by atoms with E-state index in [-0.39, 0.29) is 0 Å². The number of hydrogen-bond acceptors (Lipinski definition) is 5. The highest BCUT2D eigenvalue weighted by Crippen LogP contribution is 2.55. The lowest BCUT2D eigenvalue weighted by Crippen LogP contribution is -2.18. The van der Waals surface area contributed by atoms with Gasteiger partial charge >= 0.3 is 0 Å². The first-order valence-corrected chi connectivity index (χ1v) is 5.86. The number of ether oxygens (including phenoxy) is 3. The molecule has 0 radical (unpaired) electrons. The van der Waals surface area contributed by atoms with Crippen molar-refractivity contribution in [3.8, 4) is 17.2 Å². The van der Waals surface area contributed by atoms with Gasteiger partial charge in [-0.2, -0.15) is 4.99 Å². The maximum atomic E-state index is 10.6. The third kappa shape index (κ3) is 1.64. The lowest BCUT2D eigenvalue weighted by Gasteiger charge is -2.24. The summed E-state index contributed by atoms with van der Waals surface area (Å²) in [4.78, 5) is 14.5. The second-order valence-corrected chi connectivity index (χ2v) is 4.43. The molecule has 1 aromatic rings. The van der Waals surface area contributed by atoms with Gasteiger partial charge in [-0.25, -0.2) is 4.79 Å². The van der Waals surface area contributed by atoms with Crippen molar-refractivity contribution in [1.29, 1.82) is 0 Å². The molecule has 0 spiro atoms. The van der Waals surface area contributed by atoms with Crippen LogP contribution in [0.4, 0.5) is 0 Å². The lowest BCUT2D eigenvalue weighted by atomic mass is 10.0. The molecular weight excluding hydrogens is 234 g/mol. The van der Waals surface area contributed by atoms with Crippen LogP contribution in [0.25, 0.3) is 0 Å². The van der Waals surface area contributed by atoms with Gasteiger partial charge in [0.1, 0.15) is 24.5 Å². The SMILES string of the molecule is COc1cc2c(c(C3(N=C=O)CC3)c1)OCCO2. The van der Waals surface area contributed by atoms with E-state index in [1.807, 2.05) is 6.07 Å². The normalized spacial score (nSPS) is 18.7. The highest BCUT2D eigenvalue weighted by Gasteiger charge is 2.48. The van der Waals surface area contributed by atoms with Crippen molar-refractivity contribution in [2.45, 2.75) is 18.4 Å². The summed E-state index contributed by atoms with van der Waals surface area (Å²) in [6.45, 7) is 1.02. The molecule has 5 heteroatoms. The van der Waals surface area contributed by atoms with E-state index in [0.29, 0.717) is 30.5 Å². The van der Waals surface area contributed by atoms with Crippen LogP contribution in [0.5, 0.6) is 17.2 Å². The van der Waals surface area contributed by atoms with Crippen molar-refractivity contribution in [2.24, 2.45) is 4.99 Å². The molecule has 2 aliphatic rings. The zero-order valence-electron chi connectivity index (χ0n) is 10.1. The monoisotopic (exact) mass is 247 g/mol. The van der Waals surface area contributed by atoms with Crippen LogP contribution >= 0.6 is 0 Å². The fourth-order valence-electron chi connectivity index (χ4n) is 2.24. The van der Waals surface area contributed by atoms with Crippen LogP contribution in [0, 0.1) is 0 Å². The van der Waals surface area contributed by atoms with Crippen LogP contribution in [0.2, 0.25) is 0 Å². The van der Waals surface area contributed by atoms with Gasteiger partial charge in [0.25, 0.3) is 0 Å². The molecule has 0 N–H and O–H groups in total. The minimum atomic E-state index is -0.485. The van der Waals surface area contributed by atoms with E-state index < -0.39 is 5.54 Å². The summed E-state index contributed by atoms with van der Waals surface area (Å²) in [6, 6.07) is 3.65. The predicted molar refractivity (Wildman–Crippen MR) is 63.0 cm³/mol. The number of hydrogen-bond donors (Lipinski definition) is 0. The van der Waals surface area contributed by atoms with Crippen molar-refractivity contribution in [3.63, 3.8) is 0 Å². The number of fused-ring (bicyclic) bond motifs is 1. The van der Waals surface area contributed by atoms with Crippen molar-refractivity contribution in [2.75, 3.05) is 20.3 Å². The average Bonchev–Trinajstić information content (AvgIpc) is 3.18. The van der Waals surface area contributed by atoms with Gasteiger partial charge in [0.2, 0.25) is 6.08 Å². The Balaban J connectivity index is 2.15. The molecular formula is C13H13NO4. The number of rotatable bonds is 3. The number of benzene rings is 1. The Morgan fingerprint density at radius 2 is 2.11 bits per heavy atom. The van der Waals surface area contributed by atoms with Crippen molar-refractivity contribution in [1.82, 2.24) is 0 Å². The summed E-state index contributed by atoms with van der Waals surface area (Å²) in [5.74, 6) is 2.02. The maximum absolute atomic E-state index is 10.6. The Morgan fingerprint density at radius 1 is 1.33 bits per heavy atom. The second-order valence-electron chi connectivity index (χ2n) is 4.43. The Bertz CT molecular complexity index is 530. The number of carbonyl (C=O) groups excluding carboxylic acids is 1. The molecule has 1 fully saturated rings. The number of aliphatic imine (C=N–C) groups is 1. The van der Waals surface area contributed by atoms with E-state index in [1.54, 1.807) is 19.3 Å². The quantitative estimate of drug-likeness (QED) is 0.603. The summed E-state index contributed by atoms with van der Waals surface area (Å²) in [7, 11) is 1.59. The van der Waals surface area contributed by atoms with Crippen molar-refractivity contribution in [3.05, 3.63) is 17.7 Å².